The molecule has 0 aromatic heterocycles. The Balaban J connectivity index is 2.46. The van der Waals surface area contributed by atoms with E-state index in [9.17, 15) is 10.2 Å². The summed E-state index contributed by atoms with van der Waals surface area (Å²) in [5.41, 5.74) is 3.02. The van der Waals surface area contributed by atoms with Crippen LogP contribution in [-0.4, -0.2) is 10.2 Å². The molecule has 0 atom stereocenters. The minimum atomic E-state index is 0.261. The molecule has 0 unspecified atom stereocenters. The van der Waals surface area contributed by atoms with Gasteiger partial charge in [-0.1, -0.05) is 32.0 Å². The molecule has 0 aliphatic carbocycles. The molecule has 0 aliphatic heterocycles. The number of phenols is 2. The third-order valence-electron chi connectivity index (χ3n) is 2.85. The quantitative estimate of drug-likeness (QED) is 0.818. The fourth-order valence-electron chi connectivity index (χ4n) is 1.85. The van der Waals surface area contributed by atoms with Crippen molar-refractivity contribution in [3.05, 3.63) is 48.0 Å². The molecule has 0 saturated carbocycles. The molecule has 0 saturated heterocycles. The van der Waals surface area contributed by atoms with Crippen LogP contribution in [0.15, 0.2) is 42.5 Å². The number of hydrogen-bond acceptors (Lipinski definition) is 2. The van der Waals surface area contributed by atoms with Gasteiger partial charge < -0.3 is 10.2 Å². The number of phenolic OH excluding ortho intramolecular Hbond substituents is 2. The van der Waals surface area contributed by atoms with E-state index in [1.807, 2.05) is 24.3 Å². The molecule has 2 heteroatoms. The molecule has 2 aromatic rings. The normalized spacial score (nSPS) is 10.8. The van der Waals surface area contributed by atoms with Crippen LogP contribution in [0.5, 0.6) is 11.5 Å². The van der Waals surface area contributed by atoms with Crippen molar-refractivity contribution in [1.29, 1.82) is 0 Å². The lowest BCUT2D eigenvalue weighted by Crippen LogP contribution is -1.89. The van der Waals surface area contributed by atoms with Gasteiger partial charge in [-0.05, 0) is 46.9 Å². The van der Waals surface area contributed by atoms with Gasteiger partial charge in [0, 0.05) is 0 Å². The standard InChI is InChI=1S/C15H16O2/c1-10(2)14-9-12(5-8-15(14)17)11-3-6-13(16)7-4-11/h3-10,16-17H,1-2H3. The number of rotatable bonds is 2. The third-order valence-corrected chi connectivity index (χ3v) is 2.85. The Bertz CT molecular complexity index is 513. The first-order chi connectivity index (χ1) is 8.08. The minimum absolute atomic E-state index is 0.261. The van der Waals surface area contributed by atoms with E-state index < -0.39 is 0 Å². The van der Waals surface area contributed by atoms with Crippen LogP contribution in [0.2, 0.25) is 0 Å². The van der Waals surface area contributed by atoms with E-state index in [0.717, 1.165) is 16.7 Å². The first-order valence-electron chi connectivity index (χ1n) is 5.70. The Kier molecular flexibility index (Phi) is 3.05. The van der Waals surface area contributed by atoms with E-state index in [1.54, 1.807) is 18.2 Å². The highest BCUT2D eigenvalue weighted by Crippen LogP contribution is 2.31. The fourth-order valence-corrected chi connectivity index (χ4v) is 1.85. The summed E-state index contributed by atoms with van der Waals surface area (Å²) in [7, 11) is 0. The van der Waals surface area contributed by atoms with Gasteiger partial charge in [-0.25, -0.2) is 0 Å². The number of aromatic hydroxyl groups is 2. The Labute approximate surface area is 101 Å². The van der Waals surface area contributed by atoms with Crippen molar-refractivity contribution in [1.82, 2.24) is 0 Å². The van der Waals surface area contributed by atoms with Crippen LogP contribution in [0.4, 0.5) is 0 Å². The topological polar surface area (TPSA) is 40.5 Å². The lowest BCUT2D eigenvalue weighted by atomic mass is 9.96. The minimum Gasteiger partial charge on any atom is -0.508 e. The highest BCUT2D eigenvalue weighted by Gasteiger charge is 2.07. The summed E-state index contributed by atoms with van der Waals surface area (Å²) in [5, 5.41) is 19.0. The Morgan fingerprint density at radius 1 is 0.824 bits per heavy atom. The smallest absolute Gasteiger partial charge is 0.119 e. The molecular formula is C15H16O2. The highest BCUT2D eigenvalue weighted by atomic mass is 16.3. The van der Waals surface area contributed by atoms with Crippen molar-refractivity contribution in [2.75, 3.05) is 0 Å². The van der Waals surface area contributed by atoms with Crippen molar-refractivity contribution in [3.8, 4) is 22.6 Å². The zero-order chi connectivity index (χ0) is 12.4. The first kappa shape index (κ1) is 11.5. The average Bonchev–Trinajstić information content (AvgIpc) is 2.30. The largest absolute Gasteiger partial charge is 0.508 e. The molecule has 88 valence electrons. The van der Waals surface area contributed by atoms with Crippen molar-refractivity contribution in [2.45, 2.75) is 19.8 Å². The van der Waals surface area contributed by atoms with E-state index in [1.165, 1.54) is 0 Å². The van der Waals surface area contributed by atoms with Crippen LogP contribution in [0, 0.1) is 0 Å². The van der Waals surface area contributed by atoms with Crippen LogP contribution < -0.4 is 0 Å². The molecule has 2 nitrogen and oxygen atoms in total. The Morgan fingerprint density at radius 2 is 1.41 bits per heavy atom. The maximum Gasteiger partial charge on any atom is 0.119 e. The van der Waals surface area contributed by atoms with Crippen LogP contribution in [0.25, 0.3) is 11.1 Å². The van der Waals surface area contributed by atoms with Crippen LogP contribution >= 0.6 is 0 Å². The molecule has 0 aliphatic rings. The van der Waals surface area contributed by atoms with Crippen molar-refractivity contribution in [2.24, 2.45) is 0 Å². The zero-order valence-corrected chi connectivity index (χ0v) is 10.0. The summed E-state index contributed by atoms with van der Waals surface area (Å²) in [6.45, 7) is 4.10. The maximum atomic E-state index is 9.76. The maximum absolute atomic E-state index is 9.76. The molecule has 17 heavy (non-hydrogen) atoms. The van der Waals surface area contributed by atoms with Gasteiger partial charge in [0.25, 0.3) is 0 Å². The van der Waals surface area contributed by atoms with E-state index in [-0.39, 0.29) is 11.7 Å². The molecule has 0 fully saturated rings. The SMILES string of the molecule is CC(C)c1cc(-c2ccc(O)cc2)ccc1O. The van der Waals surface area contributed by atoms with E-state index in [2.05, 4.69) is 13.8 Å². The van der Waals surface area contributed by atoms with Crippen molar-refractivity contribution in [3.63, 3.8) is 0 Å². The first-order valence-corrected chi connectivity index (χ1v) is 5.70. The monoisotopic (exact) mass is 228 g/mol. The van der Waals surface area contributed by atoms with Crippen molar-refractivity contribution < 1.29 is 10.2 Å². The lowest BCUT2D eigenvalue weighted by Gasteiger charge is -2.11. The second-order valence-electron chi connectivity index (χ2n) is 4.48. The van der Waals surface area contributed by atoms with Crippen molar-refractivity contribution >= 4 is 0 Å². The average molecular weight is 228 g/mol. The number of hydrogen-bond donors (Lipinski definition) is 2. The molecular weight excluding hydrogens is 212 g/mol. The zero-order valence-electron chi connectivity index (χ0n) is 10.0. The molecule has 2 aromatic carbocycles. The van der Waals surface area contributed by atoms with Gasteiger partial charge in [-0.3, -0.25) is 0 Å². The summed E-state index contributed by atoms with van der Waals surface area (Å²) in [6.07, 6.45) is 0. The predicted octanol–water partition coefficient (Wildman–Crippen LogP) is 3.89. The molecule has 0 amide bonds. The summed E-state index contributed by atoms with van der Waals surface area (Å²) in [5.74, 6) is 0.881. The van der Waals surface area contributed by atoms with Gasteiger partial charge in [-0.2, -0.15) is 0 Å². The molecule has 2 rings (SSSR count). The molecule has 2 N–H and O–H groups in total. The van der Waals surface area contributed by atoms with Gasteiger partial charge in [-0.15, -0.1) is 0 Å². The second kappa shape index (κ2) is 4.50. The van der Waals surface area contributed by atoms with Gasteiger partial charge in [0.2, 0.25) is 0 Å². The summed E-state index contributed by atoms with van der Waals surface area (Å²) >= 11 is 0. The second-order valence-corrected chi connectivity index (χ2v) is 4.48. The Hall–Kier alpha value is -1.96. The summed E-state index contributed by atoms with van der Waals surface area (Å²) < 4.78 is 0. The van der Waals surface area contributed by atoms with E-state index in [0.29, 0.717) is 5.75 Å². The van der Waals surface area contributed by atoms with Crippen LogP contribution in [0.1, 0.15) is 25.3 Å². The van der Waals surface area contributed by atoms with E-state index >= 15 is 0 Å². The summed E-state index contributed by atoms with van der Waals surface area (Å²) in [4.78, 5) is 0. The molecule has 0 spiro atoms. The lowest BCUT2D eigenvalue weighted by molar-refractivity contribution is 0.465. The molecule has 0 bridgehead atoms. The van der Waals surface area contributed by atoms with E-state index in [4.69, 9.17) is 0 Å². The van der Waals surface area contributed by atoms with Crippen LogP contribution in [-0.2, 0) is 0 Å². The molecule has 0 heterocycles. The van der Waals surface area contributed by atoms with Gasteiger partial charge in [0.05, 0.1) is 0 Å². The van der Waals surface area contributed by atoms with Gasteiger partial charge >= 0.3 is 0 Å². The van der Waals surface area contributed by atoms with Crippen LogP contribution in [0.3, 0.4) is 0 Å². The highest BCUT2D eigenvalue weighted by molar-refractivity contribution is 5.66. The fraction of sp³-hybridized carbons (Fsp3) is 0.200. The van der Waals surface area contributed by atoms with Gasteiger partial charge in [0.1, 0.15) is 11.5 Å². The Morgan fingerprint density at radius 3 is 2.00 bits per heavy atom. The predicted molar refractivity (Wildman–Crippen MR) is 69.3 cm³/mol. The van der Waals surface area contributed by atoms with Gasteiger partial charge in [0.15, 0.2) is 0 Å². The number of benzene rings is 2. The third kappa shape index (κ3) is 2.41. The summed E-state index contributed by atoms with van der Waals surface area (Å²) in [6, 6.07) is 12.7. The molecule has 0 radical (unpaired) electrons.